The third kappa shape index (κ3) is 2.24. The first-order valence-electron chi connectivity index (χ1n) is 6.37. The van der Waals surface area contributed by atoms with E-state index in [4.69, 9.17) is 0 Å². The molecule has 1 N–H and O–H groups in total. The van der Waals surface area contributed by atoms with Gasteiger partial charge in [0.1, 0.15) is 6.07 Å². The van der Waals surface area contributed by atoms with E-state index >= 15 is 0 Å². The Bertz CT molecular complexity index is 772. The molecule has 2 heterocycles. The maximum atomic E-state index is 9.29. The topological polar surface area (TPSA) is 48.7 Å². The Morgan fingerprint density at radius 1 is 1.25 bits per heavy atom. The van der Waals surface area contributed by atoms with Gasteiger partial charge in [-0.15, -0.1) is 11.3 Å². The van der Waals surface area contributed by atoms with Gasteiger partial charge in [-0.05, 0) is 24.4 Å². The van der Waals surface area contributed by atoms with Crippen molar-refractivity contribution in [2.45, 2.75) is 13.0 Å². The molecule has 1 unspecified atom stereocenters. The van der Waals surface area contributed by atoms with E-state index in [1.165, 1.54) is 4.88 Å². The molecule has 2 aromatic heterocycles. The van der Waals surface area contributed by atoms with E-state index in [0.717, 1.165) is 16.6 Å². The smallest absolute Gasteiger partial charge is 0.103 e. The number of hydrogen-bond donors (Lipinski definition) is 1. The number of pyridine rings is 1. The van der Waals surface area contributed by atoms with Crippen LogP contribution >= 0.6 is 11.3 Å². The summed E-state index contributed by atoms with van der Waals surface area (Å²) in [5.41, 5.74) is 2.33. The number of rotatable bonds is 3. The fourth-order valence-corrected chi connectivity index (χ4v) is 2.94. The third-order valence-corrected chi connectivity index (χ3v) is 4.28. The number of nitrogens with one attached hydrogen (secondary N) is 1. The molecule has 0 saturated heterocycles. The van der Waals surface area contributed by atoms with Gasteiger partial charge in [0.05, 0.1) is 22.8 Å². The van der Waals surface area contributed by atoms with Crippen LogP contribution in [0.25, 0.3) is 10.9 Å². The van der Waals surface area contributed by atoms with Crippen LogP contribution in [-0.2, 0) is 0 Å². The number of nitrogens with zero attached hydrogens (tertiary/aromatic N) is 2. The van der Waals surface area contributed by atoms with Crippen molar-refractivity contribution in [3.63, 3.8) is 0 Å². The molecule has 0 bridgehead atoms. The van der Waals surface area contributed by atoms with Crippen molar-refractivity contribution in [1.82, 2.24) is 4.98 Å². The Morgan fingerprint density at radius 3 is 2.85 bits per heavy atom. The van der Waals surface area contributed by atoms with Gasteiger partial charge in [-0.2, -0.15) is 5.26 Å². The minimum Gasteiger partial charge on any atom is -0.376 e. The van der Waals surface area contributed by atoms with Gasteiger partial charge in [0.2, 0.25) is 0 Å². The summed E-state index contributed by atoms with van der Waals surface area (Å²) < 4.78 is 0. The zero-order valence-corrected chi connectivity index (χ0v) is 11.8. The van der Waals surface area contributed by atoms with Crippen molar-refractivity contribution >= 4 is 27.9 Å². The van der Waals surface area contributed by atoms with Crippen molar-refractivity contribution in [3.05, 3.63) is 58.4 Å². The van der Waals surface area contributed by atoms with E-state index in [-0.39, 0.29) is 6.04 Å². The molecule has 1 aromatic carbocycles. The van der Waals surface area contributed by atoms with Gasteiger partial charge in [0, 0.05) is 16.5 Å². The molecule has 3 aromatic rings. The van der Waals surface area contributed by atoms with Crippen LogP contribution in [0.4, 0.5) is 5.69 Å². The lowest BCUT2D eigenvalue weighted by Gasteiger charge is -2.16. The second-order valence-corrected chi connectivity index (χ2v) is 5.54. The zero-order valence-electron chi connectivity index (χ0n) is 11.0. The highest BCUT2D eigenvalue weighted by atomic mass is 32.1. The fourth-order valence-electron chi connectivity index (χ4n) is 2.21. The summed E-state index contributed by atoms with van der Waals surface area (Å²) in [5.74, 6) is 0. The van der Waals surface area contributed by atoms with Gasteiger partial charge < -0.3 is 5.32 Å². The molecule has 0 amide bonds. The van der Waals surface area contributed by atoms with Gasteiger partial charge in [-0.25, -0.2) is 0 Å². The lowest BCUT2D eigenvalue weighted by atomic mass is 10.1. The summed E-state index contributed by atoms with van der Waals surface area (Å²) in [6, 6.07) is 14.4. The van der Waals surface area contributed by atoms with E-state index < -0.39 is 0 Å². The summed E-state index contributed by atoms with van der Waals surface area (Å²) in [6.07, 6.45) is 1.63. The van der Waals surface area contributed by atoms with Crippen LogP contribution in [0.2, 0.25) is 0 Å². The molecule has 0 aliphatic rings. The molecule has 0 spiro atoms. The molecule has 0 aliphatic carbocycles. The highest BCUT2D eigenvalue weighted by Crippen LogP contribution is 2.30. The zero-order chi connectivity index (χ0) is 13.9. The van der Waals surface area contributed by atoms with Gasteiger partial charge in [0.15, 0.2) is 0 Å². The molecule has 3 rings (SSSR count). The largest absolute Gasteiger partial charge is 0.376 e. The summed E-state index contributed by atoms with van der Waals surface area (Å²) in [5, 5.41) is 15.8. The Labute approximate surface area is 121 Å². The SMILES string of the molecule is CC(Nc1c(C#N)cnc2ccccc12)c1cccs1. The number of para-hydroxylation sites is 1. The molecule has 4 heteroatoms. The standard InChI is InChI=1S/C16H13N3S/c1-11(15-7-4-8-20-15)19-16-12(9-17)10-18-14-6-3-2-5-13(14)16/h2-8,10-11H,1H3,(H,18,19). The maximum absolute atomic E-state index is 9.29. The van der Waals surface area contributed by atoms with Crippen molar-refractivity contribution in [2.24, 2.45) is 0 Å². The molecule has 0 aliphatic heterocycles. The quantitative estimate of drug-likeness (QED) is 0.775. The molecule has 98 valence electrons. The Hall–Kier alpha value is -2.38. The minimum absolute atomic E-state index is 0.160. The highest BCUT2D eigenvalue weighted by Gasteiger charge is 2.12. The first-order valence-corrected chi connectivity index (χ1v) is 7.25. The Balaban J connectivity index is 2.07. The van der Waals surface area contributed by atoms with Crippen LogP contribution in [0.1, 0.15) is 23.4 Å². The lowest BCUT2D eigenvalue weighted by molar-refractivity contribution is 0.909. The van der Waals surface area contributed by atoms with Crippen LogP contribution in [0.3, 0.4) is 0 Å². The summed E-state index contributed by atoms with van der Waals surface area (Å²) in [7, 11) is 0. The van der Waals surface area contributed by atoms with E-state index in [9.17, 15) is 5.26 Å². The molecule has 20 heavy (non-hydrogen) atoms. The first-order chi connectivity index (χ1) is 9.79. The fraction of sp³-hybridized carbons (Fsp3) is 0.125. The second-order valence-electron chi connectivity index (χ2n) is 4.56. The van der Waals surface area contributed by atoms with Crippen LogP contribution in [-0.4, -0.2) is 4.98 Å². The van der Waals surface area contributed by atoms with Crippen LogP contribution in [0, 0.1) is 11.3 Å². The summed E-state index contributed by atoms with van der Waals surface area (Å²) in [6.45, 7) is 2.10. The van der Waals surface area contributed by atoms with Crippen molar-refractivity contribution in [2.75, 3.05) is 5.32 Å². The number of anilines is 1. The van der Waals surface area contributed by atoms with Crippen molar-refractivity contribution in [3.8, 4) is 6.07 Å². The van der Waals surface area contributed by atoms with Gasteiger partial charge in [0.25, 0.3) is 0 Å². The van der Waals surface area contributed by atoms with Crippen molar-refractivity contribution in [1.29, 1.82) is 5.26 Å². The molecule has 0 radical (unpaired) electrons. The van der Waals surface area contributed by atoms with E-state index in [1.807, 2.05) is 30.3 Å². The average molecular weight is 279 g/mol. The number of benzene rings is 1. The van der Waals surface area contributed by atoms with Gasteiger partial charge in [-0.1, -0.05) is 24.3 Å². The normalized spacial score (nSPS) is 12.0. The number of thiophene rings is 1. The monoisotopic (exact) mass is 279 g/mol. The lowest BCUT2D eigenvalue weighted by Crippen LogP contribution is -2.07. The average Bonchev–Trinajstić information content (AvgIpc) is 3.02. The number of aromatic nitrogens is 1. The molecule has 1 atom stereocenters. The minimum atomic E-state index is 0.160. The molecular formula is C16H13N3S. The van der Waals surface area contributed by atoms with Crippen LogP contribution in [0.5, 0.6) is 0 Å². The van der Waals surface area contributed by atoms with E-state index in [1.54, 1.807) is 17.5 Å². The Kier molecular flexibility index (Phi) is 3.36. The molecule has 0 saturated carbocycles. The predicted octanol–water partition coefficient (Wildman–Crippen LogP) is 4.34. The third-order valence-electron chi connectivity index (χ3n) is 3.23. The molecule has 3 nitrogen and oxygen atoms in total. The summed E-state index contributed by atoms with van der Waals surface area (Å²) >= 11 is 1.71. The highest BCUT2D eigenvalue weighted by molar-refractivity contribution is 7.10. The van der Waals surface area contributed by atoms with Crippen molar-refractivity contribution < 1.29 is 0 Å². The van der Waals surface area contributed by atoms with E-state index in [0.29, 0.717) is 5.56 Å². The maximum Gasteiger partial charge on any atom is 0.103 e. The molecular weight excluding hydrogens is 266 g/mol. The number of fused-ring (bicyclic) bond motifs is 1. The number of hydrogen-bond acceptors (Lipinski definition) is 4. The molecule has 0 fully saturated rings. The van der Waals surface area contributed by atoms with Crippen LogP contribution in [0.15, 0.2) is 48.0 Å². The van der Waals surface area contributed by atoms with Gasteiger partial charge >= 0.3 is 0 Å². The summed E-state index contributed by atoms with van der Waals surface area (Å²) in [4.78, 5) is 5.57. The first kappa shape index (κ1) is 12.6. The number of nitriles is 1. The van der Waals surface area contributed by atoms with Gasteiger partial charge in [-0.3, -0.25) is 4.98 Å². The van der Waals surface area contributed by atoms with E-state index in [2.05, 4.69) is 34.7 Å². The second kappa shape index (κ2) is 5.32. The Morgan fingerprint density at radius 2 is 2.10 bits per heavy atom. The van der Waals surface area contributed by atoms with Crippen LogP contribution < -0.4 is 5.32 Å². The predicted molar refractivity (Wildman–Crippen MR) is 82.8 cm³/mol.